The maximum Gasteiger partial charge on any atom is 0.426 e. The number of aliphatic hydroxyl groups is 1. The van der Waals surface area contributed by atoms with E-state index >= 15 is 0 Å². The number of rotatable bonds is 13. The van der Waals surface area contributed by atoms with Crippen molar-refractivity contribution in [2.24, 2.45) is 0 Å². The van der Waals surface area contributed by atoms with Crippen LogP contribution in [0.25, 0.3) is 11.6 Å². The third-order valence-electron chi connectivity index (χ3n) is 6.65. The van der Waals surface area contributed by atoms with Gasteiger partial charge in [0.1, 0.15) is 16.9 Å². The normalized spacial score (nSPS) is 14.5. The summed E-state index contributed by atoms with van der Waals surface area (Å²) in [5.74, 6) is -1.88. The Bertz CT molecular complexity index is 1500. The number of amides is 1. The monoisotopic (exact) mass is 662 g/mol. The first-order valence-corrected chi connectivity index (χ1v) is 14.4. The fourth-order valence-electron chi connectivity index (χ4n) is 4.44. The molecule has 0 bridgehead atoms. The molecule has 2 aromatic heterocycles. The average Bonchev–Trinajstić information content (AvgIpc) is 3.41. The molecule has 1 aromatic carbocycles. The van der Waals surface area contributed by atoms with Gasteiger partial charge in [-0.1, -0.05) is 49.6 Å². The number of nitrogens with one attached hydrogen (secondary N) is 2. The number of aromatic amines is 1. The molecule has 0 saturated carbocycles. The Labute approximate surface area is 260 Å². The van der Waals surface area contributed by atoms with E-state index in [9.17, 15) is 41.0 Å². The number of carbonyl (C=O) groups excluding carboxylic acids is 1. The van der Waals surface area contributed by atoms with Crippen LogP contribution in [-0.2, 0) is 27.9 Å². The summed E-state index contributed by atoms with van der Waals surface area (Å²) in [6.07, 6.45) is -10.8. The van der Waals surface area contributed by atoms with Crippen molar-refractivity contribution in [1.82, 2.24) is 15.2 Å². The van der Waals surface area contributed by atoms with E-state index in [4.69, 9.17) is 13.9 Å². The number of aromatic nitrogens is 3. The highest BCUT2D eigenvalue weighted by molar-refractivity contribution is 5.89. The lowest BCUT2D eigenvalue weighted by Crippen LogP contribution is -2.45. The van der Waals surface area contributed by atoms with Gasteiger partial charge in [-0.2, -0.15) is 26.3 Å². The van der Waals surface area contributed by atoms with Crippen molar-refractivity contribution in [1.29, 1.82) is 0 Å². The zero-order chi connectivity index (χ0) is 34.3. The lowest BCUT2D eigenvalue weighted by atomic mass is 9.94. The van der Waals surface area contributed by atoms with Gasteiger partial charge in [0.15, 0.2) is 0 Å². The van der Waals surface area contributed by atoms with E-state index in [0.29, 0.717) is 31.2 Å². The number of aliphatic hydroxyl groups excluding tert-OH is 1. The van der Waals surface area contributed by atoms with E-state index in [2.05, 4.69) is 15.5 Å². The van der Waals surface area contributed by atoms with Crippen molar-refractivity contribution in [3.05, 3.63) is 63.8 Å². The molecule has 2 atom stereocenters. The molecule has 0 fully saturated rings. The van der Waals surface area contributed by atoms with Crippen molar-refractivity contribution in [3.63, 3.8) is 0 Å². The number of carbonyl (C=O) groups is 1. The van der Waals surface area contributed by atoms with E-state index < -0.39 is 83.1 Å². The summed E-state index contributed by atoms with van der Waals surface area (Å²) >= 11 is 0. The highest BCUT2D eigenvalue weighted by atomic mass is 19.4. The maximum absolute atomic E-state index is 15.0. The number of alkyl halides is 6. The van der Waals surface area contributed by atoms with Gasteiger partial charge in [0.25, 0.3) is 17.3 Å². The Kier molecular flexibility index (Phi) is 11.7. The minimum Gasteiger partial charge on any atom is -0.444 e. The number of nitrogens with zero attached hydrogens (tertiary/aromatic N) is 2. The standard InChI is InChI=1S/C30H36F6N4O6/c1-18(41)12-8-5-6-11-15-28(30(34,35)36,44-17-19-13-9-7-10-14-19)25-40-39-24(45-25)22-21(37-26(43)46-27(2,3)4)16-20(23(42)38-22)29(31,32)33/h7,9-10,13-14,16,18,41H,5-6,8,11-12,15,17H2,1-4H3,(H,37,43)(H,38,42)/t18-,28+/m0/s1. The molecule has 0 radical (unpaired) electrons. The summed E-state index contributed by atoms with van der Waals surface area (Å²) in [4.78, 5) is 26.7. The molecule has 0 saturated heterocycles. The van der Waals surface area contributed by atoms with Crippen LogP contribution in [0.5, 0.6) is 0 Å². The van der Waals surface area contributed by atoms with Gasteiger partial charge in [0.05, 0.1) is 18.4 Å². The zero-order valence-corrected chi connectivity index (χ0v) is 25.6. The van der Waals surface area contributed by atoms with E-state index in [0.717, 1.165) is 0 Å². The van der Waals surface area contributed by atoms with E-state index in [1.54, 1.807) is 37.3 Å². The maximum atomic E-state index is 15.0. The van der Waals surface area contributed by atoms with Gasteiger partial charge >= 0.3 is 18.4 Å². The number of unbranched alkanes of at least 4 members (excludes halogenated alkanes) is 3. The summed E-state index contributed by atoms with van der Waals surface area (Å²) in [6, 6.07) is 8.29. The number of hydrogen-bond acceptors (Lipinski definition) is 8. The van der Waals surface area contributed by atoms with Gasteiger partial charge in [-0.3, -0.25) is 10.1 Å². The topological polar surface area (TPSA) is 140 Å². The SMILES string of the molecule is C[C@H](O)CCCCCC[C@@](OCc1ccccc1)(c1nnc(-c2[nH]c(=O)c(C(F)(F)F)cc2NC(=O)OC(C)(C)C)o1)C(F)(F)F. The van der Waals surface area contributed by atoms with Crippen LogP contribution < -0.4 is 10.9 Å². The number of ether oxygens (including phenoxy) is 2. The number of pyridine rings is 1. The Hall–Kier alpha value is -3.92. The van der Waals surface area contributed by atoms with E-state index in [1.807, 2.05) is 4.98 Å². The Morgan fingerprint density at radius 3 is 2.26 bits per heavy atom. The highest BCUT2D eigenvalue weighted by Crippen LogP contribution is 2.47. The fourth-order valence-corrected chi connectivity index (χ4v) is 4.44. The highest BCUT2D eigenvalue weighted by Gasteiger charge is 2.61. The first kappa shape index (κ1) is 36.5. The smallest absolute Gasteiger partial charge is 0.426 e. The molecule has 0 aliphatic rings. The number of anilines is 1. The molecule has 3 N–H and O–H groups in total. The molecule has 10 nitrogen and oxygen atoms in total. The first-order chi connectivity index (χ1) is 21.3. The predicted octanol–water partition coefficient (Wildman–Crippen LogP) is 7.49. The molecule has 0 spiro atoms. The number of hydrogen-bond donors (Lipinski definition) is 3. The lowest BCUT2D eigenvalue weighted by Gasteiger charge is -2.32. The second-order valence-corrected chi connectivity index (χ2v) is 11.7. The van der Waals surface area contributed by atoms with Crippen molar-refractivity contribution in [3.8, 4) is 11.6 Å². The number of halogens is 6. The second-order valence-electron chi connectivity index (χ2n) is 11.7. The van der Waals surface area contributed by atoms with Crippen LogP contribution in [0.4, 0.5) is 36.8 Å². The van der Waals surface area contributed by atoms with Gasteiger partial charge < -0.3 is 24.0 Å². The van der Waals surface area contributed by atoms with Gasteiger partial charge in [0, 0.05) is 0 Å². The minimum absolute atomic E-state index is 0.00557. The summed E-state index contributed by atoms with van der Waals surface area (Å²) in [6.45, 7) is 5.57. The zero-order valence-electron chi connectivity index (χ0n) is 25.6. The summed E-state index contributed by atoms with van der Waals surface area (Å²) in [5, 5.41) is 18.7. The summed E-state index contributed by atoms with van der Waals surface area (Å²) in [5.41, 5.74) is -8.58. The molecule has 46 heavy (non-hydrogen) atoms. The first-order valence-electron chi connectivity index (χ1n) is 14.4. The third kappa shape index (κ3) is 9.79. The molecular formula is C30H36F6N4O6. The van der Waals surface area contributed by atoms with Crippen molar-refractivity contribution in [2.75, 3.05) is 5.32 Å². The largest absolute Gasteiger partial charge is 0.444 e. The Morgan fingerprint density at radius 2 is 1.67 bits per heavy atom. The van der Waals surface area contributed by atoms with Crippen LogP contribution in [0.1, 0.15) is 83.2 Å². The van der Waals surface area contributed by atoms with Crippen molar-refractivity contribution in [2.45, 2.75) is 102 Å². The molecule has 254 valence electrons. The van der Waals surface area contributed by atoms with Crippen LogP contribution in [0, 0.1) is 0 Å². The summed E-state index contributed by atoms with van der Waals surface area (Å²) < 4.78 is 102. The third-order valence-corrected chi connectivity index (χ3v) is 6.65. The fraction of sp³-hybridized carbons (Fsp3) is 0.533. The van der Waals surface area contributed by atoms with Crippen LogP contribution in [-0.4, -0.2) is 44.3 Å². The van der Waals surface area contributed by atoms with Crippen LogP contribution in [0.15, 0.2) is 45.6 Å². The average molecular weight is 663 g/mol. The lowest BCUT2D eigenvalue weighted by molar-refractivity contribution is -0.300. The number of H-pyrrole nitrogens is 1. The molecule has 0 aliphatic carbocycles. The predicted molar refractivity (Wildman–Crippen MR) is 154 cm³/mol. The summed E-state index contributed by atoms with van der Waals surface area (Å²) in [7, 11) is 0. The molecule has 3 aromatic rings. The van der Waals surface area contributed by atoms with Crippen LogP contribution >= 0.6 is 0 Å². The molecule has 0 aliphatic heterocycles. The Morgan fingerprint density at radius 1 is 1.02 bits per heavy atom. The molecule has 2 heterocycles. The van der Waals surface area contributed by atoms with Gasteiger partial charge in [0.2, 0.25) is 5.60 Å². The van der Waals surface area contributed by atoms with Crippen molar-refractivity contribution >= 4 is 11.8 Å². The number of benzene rings is 1. The van der Waals surface area contributed by atoms with E-state index in [1.165, 1.54) is 20.8 Å². The molecular weight excluding hydrogens is 626 g/mol. The quantitative estimate of drug-likeness (QED) is 0.126. The van der Waals surface area contributed by atoms with Crippen molar-refractivity contribution < 1.29 is 50.1 Å². The Balaban J connectivity index is 2.07. The molecule has 16 heteroatoms. The van der Waals surface area contributed by atoms with Crippen LogP contribution in [0.3, 0.4) is 0 Å². The van der Waals surface area contributed by atoms with E-state index in [-0.39, 0.29) is 12.5 Å². The molecule has 0 unspecified atom stereocenters. The molecule has 3 rings (SSSR count). The van der Waals surface area contributed by atoms with Crippen LogP contribution in [0.2, 0.25) is 0 Å². The van der Waals surface area contributed by atoms with Gasteiger partial charge in [-0.15, -0.1) is 10.2 Å². The second kappa shape index (κ2) is 14.7. The van der Waals surface area contributed by atoms with Gasteiger partial charge in [-0.05, 0) is 58.6 Å². The van der Waals surface area contributed by atoms with Gasteiger partial charge in [-0.25, -0.2) is 4.79 Å². The minimum atomic E-state index is -5.15. The molecule has 1 amide bonds.